The maximum absolute atomic E-state index is 12.2. The summed E-state index contributed by atoms with van der Waals surface area (Å²) in [5, 5.41) is 11.9. The number of halogens is 1. The zero-order valence-electron chi connectivity index (χ0n) is 12.3. The topological polar surface area (TPSA) is 62.1 Å². The summed E-state index contributed by atoms with van der Waals surface area (Å²) in [4.78, 5) is 12.2. The third-order valence-corrected chi connectivity index (χ3v) is 3.80. The van der Waals surface area contributed by atoms with E-state index in [-0.39, 0.29) is 5.91 Å². The van der Waals surface area contributed by atoms with E-state index < -0.39 is 6.10 Å². The van der Waals surface area contributed by atoms with Crippen molar-refractivity contribution in [2.45, 2.75) is 20.0 Å². The quantitative estimate of drug-likeness (QED) is 0.785. The van der Waals surface area contributed by atoms with E-state index >= 15 is 0 Å². The Hall–Kier alpha value is -2.07. The van der Waals surface area contributed by atoms with Gasteiger partial charge in [0.15, 0.2) is 6.10 Å². The van der Waals surface area contributed by atoms with Crippen molar-refractivity contribution in [1.29, 1.82) is 5.26 Å². The number of anilines is 1. The number of hydrogen-bond donors (Lipinski definition) is 1. The molecule has 1 N–H and O–H groups in total. The van der Waals surface area contributed by atoms with Crippen LogP contribution in [0.5, 0.6) is 5.75 Å². The molecule has 0 saturated heterocycles. The second-order valence-electron chi connectivity index (χ2n) is 4.82. The lowest BCUT2D eigenvalue weighted by molar-refractivity contribution is -0.122. The Balaban J connectivity index is 2.08. The molecule has 112 valence electrons. The first kappa shape index (κ1) is 16.3. The fourth-order valence-corrected chi connectivity index (χ4v) is 2.55. The van der Waals surface area contributed by atoms with Crippen LogP contribution in [0.2, 0.25) is 0 Å². The number of hydrogen-bond acceptors (Lipinski definition) is 3. The number of nitriles is 1. The fraction of sp³-hybridized carbons (Fsp3) is 0.176. The van der Waals surface area contributed by atoms with Gasteiger partial charge in [0.25, 0.3) is 5.91 Å². The van der Waals surface area contributed by atoms with Crippen molar-refractivity contribution in [3.05, 3.63) is 57.2 Å². The number of aryl methyl sites for hydroxylation is 1. The molecule has 0 aliphatic carbocycles. The molecule has 22 heavy (non-hydrogen) atoms. The number of benzene rings is 2. The van der Waals surface area contributed by atoms with Gasteiger partial charge in [0.2, 0.25) is 0 Å². The van der Waals surface area contributed by atoms with Gasteiger partial charge in [-0.05, 0) is 72.3 Å². The first-order valence-corrected chi connectivity index (χ1v) is 7.82. The molecule has 0 radical (unpaired) electrons. The maximum atomic E-state index is 12.2. The van der Waals surface area contributed by atoms with Gasteiger partial charge >= 0.3 is 0 Å². The van der Waals surface area contributed by atoms with Crippen LogP contribution in [0.15, 0.2) is 42.5 Å². The van der Waals surface area contributed by atoms with Crippen molar-refractivity contribution in [1.82, 2.24) is 0 Å². The van der Waals surface area contributed by atoms with Crippen molar-refractivity contribution < 1.29 is 9.53 Å². The maximum Gasteiger partial charge on any atom is 0.265 e. The molecule has 0 saturated carbocycles. The van der Waals surface area contributed by atoms with E-state index in [1.807, 2.05) is 31.2 Å². The van der Waals surface area contributed by atoms with Crippen LogP contribution in [0.4, 0.5) is 5.69 Å². The molecule has 2 rings (SSSR count). The molecule has 1 unspecified atom stereocenters. The molecule has 0 aliphatic rings. The highest BCUT2D eigenvalue weighted by molar-refractivity contribution is 14.1. The van der Waals surface area contributed by atoms with E-state index in [9.17, 15) is 4.79 Å². The molecule has 0 heterocycles. The van der Waals surface area contributed by atoms with Crippen molar-refractivity contribution in [2.24, 2.45) is 0 Å². The molecule has 1 amide bonds. The minimum atomic E-state index is -0.701. The zero-order valence-corrected chi connectivity index (χ0v) is 14.4. The summed E-state index contributed by atoms with van der Waals surface area (Å²) in [7, 11) is 0. The minimum absolute atomic E-state index is 0.253. The Morgan fingerprint density at radius 3 is 2.73 bits per heavy atom. The molecule has 0 aromatic heterocycles. The van der Waals surface area contributed by atoms with Crippen LogP contribution in [0, 0.1) is 21.8 Å². The Labute approximate surface area is 143 Å². The van der Waals surface area contributed by atoms with E-state index in [1.165, 1.54) is 0 Å². The molecule has 5 heteroatoms. The summed E-state index contributed by atoms with van der Waals surface area (Å²) in [5.41, 5.74) is 2.16. The lowest BCUT2D eigenvalue weighted by atomic mass is 10.2. The van der Waals surface area contributed by atoms with Crippen LogP contribution >= 0.6 is 22.6 Å². The van der Waals surface area contributed by atoms with Crippen LogP contribution < -0.4 is 10.1 Å². The molecular formula is C17H15IN2O2. The summed E-state index contributed by atoms with van der Waals surface area (Å²) in [6.45, 7) is 3.60. The number of amides is 1. The minimum Gasteiger partial charge on any atom is -0.480 e. The molecular weight excluding hydrogens is 391 g/mol. The van der Waals surface area contributed by atoms with Crippen LogP contribution in [0.25, 0.3) is 0 Å². The van der Waals surface area contributed by atoms with Crippen LogP contribution in [-0.2, 0) is 4.79 Å². The Bertz CT molecular complexity index is 738. The molecule has 0 spiro atoms. The van der Waals surface area contributed by atoms with Gasteiger partial charge in [-0.2, -0.15) is 5.26 Å². The number of rotatable bonds is 4. The summed E-state index contributed by atoms with van der Waals surface area (Å²) < 4.78 is 6.71. The monoisotopic (exact) mass is 406 g/mol. The van der Waals surface area contributed by atoms with Crippen molar-refractivity contribution in [3.63, 3.8) is 0 Å². The van der Waals surface area contributed by atoms with E-state index in [2.05, 4.69) is 27.9 Å². The van der Waals surface area contributed by atoms with Gasteiger partial charge in [0.05, 0.1) is 5.56 Å². The van der Waals surface area contributed by atoms with Crippen molar-refractivity contribution in [3.8, 4) is 11.8 Å². The lowest BCUT2D eigenvalue weighted by Crippen LogP contribution is -2.30. The lowest BCUT2D eigenvalue weighted by Gasteiger charge is -2.16. The number of carbonyl (C=O) groups is 1. The fourth-order valence-electron chi connectivity index (χ4n) is 1.91. The average molecular weight is 406 g/mol. The molecule has 2 aromatic carbocycles. The van der Waals surface area contributed by atoms with E-state index in [0.717, 1.165) is 14.8 Å². The summed E-state index contributed by atoms with van der Waals surface area (Å²) >= 11 is 2.22. The van der Waals surface area contributed by atoms with Gasteiger partial charge in [0, 0.05) is 9.26 Å². The standard InChI is InChI=1S/C17H15IN2O2/c1-11-9-14(18)7-8-15(11)20-17(21)12(2)22-16-6-4-3-5-13(16)10-19/h3-9,12H,1-2H3,(H,20,21). The van der Waals surface area contributed by atoms with Gasteiger partial charge in [-0.1, -0.05) is 12.1 Å². The smallest absolute Gasteiger partial charge is 0.265 e. The zero-order chi connectivity index (χ0) is 16.1. The van der Waals surface area contributed by atoms with Crippen LogP contribution in [0.1, 0.15) is 18.1 Å². The largest absolute Gasteiger partial charge is 0.480 e. The molecule has 4 nitrogen and oxygen atoms in total. The second kappa shape index (κ2) is 7.27. The SMILES string of the molecule is Cc1cc(I)ccc1NC(=O)C(C)Oc1ccccc1C#N. The number of carbonyl (C=O) groups excluding carboxylic acids is 1. The third-order valence-electron chi connectivity index (χ3n) is 3.13. The highest BCUT2D eigenvalue weighted by Gasteiger charge is 2.17. The second-order valence-corrected chi connectivity index (χ2v) is 6.06. The summed E-state index contributed by atoms with van der Waals surface area (Å²) in [6.07, 6.45) is -0.701. The first-order chi connectivity index (χ1) is 10.5. The van der Waals surface area contributed by atoms with E-state index in [0.29, 0.717) is 11.3 Å². The van der Waals surface area contributed by atoms with Crippen molar-refractivity contribution in [2.75, 3.05) is 5.32 Å². The molecule has 0 aliphatic heterocycles. The number of ether oxygens (including phenoxy) is 1. The molecule has 2 aromatic rings. The Kier molecular flexibility index (Phi) is 5.39. The van der Waals surface area contributed by atoms with Gasteiger partial charge in [-0.15, -0.1) is 0 Å². The average Bonchev–Trinajstić information content (AvgIpc) is 2.50. The van der Waals surface area contributed by atoms with E-state index in [4.69, 9.17) is 10.00 Å². The number of para-hydroxylation sites is 1. The Morgan fingerprint density at radius 2 is 2.05 bits per heavy atom. The van der Waals surface area contributed by atoms with Crippen LogP contribution in [-0.4, -0.2) is 12.0 Å². The predicted molar refractivity (Wildman–Crippen MR) is 93.8 cm³/mol. The van der Waals surface area contributed by atoms with Crippen LogP contribution in [0.3, 0.4) is 0 Å². The molecule has 0 bridgehead atoms. The highest BCUT2D eigenvalue weighted by atomic mass is 127. The van der Waals surface area contributed by atoms with Gasteiger partial charge < -0.3 is 10.1 Å². The van der Waals surface area contributed by atoms with Gasteiger partial charge in [-0.25, -0.2) is 0 Å². The molecule has 1 atom stereocenters. The Morgan fingerprint density at radius 1 is 1.32 bits per heavy atom. The molecule has 0 fully saturated rings. The third kappa shape index (κ3) is 3.98. The summed E-state index contributed by atoms with van der Waals surface area (Å²) in [5.74, 6) is 0.157. The summed E-state index contributed by atoms with van der Waals surface area (Å²) in [6, 6.07) is 14.7. The van der Waals surface area contributed by atoms with Crippen molar-refractivity contribution >= 4 is 34.2 Å². The number of nitrogens with zero attached hydrogens (tertiary/aromatic N) is 1. The van der Waals surface area contributed by atoms with Gasteiger partial charge in [0.1, 0.15) is 11.8 Å². The van der Waals surface area contributed by atoms with Gasteiger partial charge in [-0.3, -0.25) is 4.79 Å². The first-order valence-electron chi connectivity index (χ1n) is 6.74. The predicted octanol–water partition coefficient (Wildman–Crippen LogP) is 3.88. The van der Waals surface area contributed by atoms with E-state index in [1.54, 1.807) is 31.2 Å². The highest BCUT2D eigenvalue weighted by Crippen LogP contribution is 2.20. The normalized spacial score (nSPS) is 11.4. The number of nitrogens with one attached hydrogen (secondary N) is 1.